The van der Waals surface area contributed by atoms with E-state index in [-0.39, 0.29) is 6.42 Å². The van der Waals surface area contributed by atoms with Crippen LogP contribution in [-0.4, -0.2) is 18.1 Å². The Bertz CT molecular complexity index is 389. The Morgan fingerprint density at radius 2 is 1.88 bits per heavy atom. The summed E-state index contributed by atoms with van der Waals surface area (Å²) in [4.78, 5) is 10.7. The maximum Gasteiger partial charge on any atom is 0.408 e. The molecule has 0 aromatic heterocycles. The highest BCUT2D eigenvalue weighted by molar-refractivity contribution is 6.30. The summed E-state index contributed by atoms with van der Waals surface area (Å²) in [7, 11) is 0. The summed E-state index contributed by atoms with van der Waals surface area (Å²) in [5.74, 6) is -0.707. The molecule has 1 N–H and O–H groups in total. The van der Waals surface area contributed by atoms with Gasteiger partial charge in [-0.15, -0.1) is 0 Å². The molecule has 0 aliphatic carbocycles. The van der Waals surface area contributed by atoms with Crippen molar-refractivity contribution >= 4 is 17.5 Å². The normalized spacial score (nSPS) is 13.2. The van der Waals surface area contributed by atoms with Crippen molar-refractivity contribution in [2.45, 2.75) is 25.6 Å². The Morgan fingerprint density at radius 1 is 1.35 bits per heavy atom. The van der Waals surface area contributed by atoms with Crippen LogP contribution in [0, 0.1) is 0 Å². The minimum atomic E-state index is -4.47. The molecule has 1 atom stereocenters. The lowest BCUT2D eigenvalue weighted by atomic mass is 10.1. The summed E-state index contributed by atoms with van der Waals surface area (Å²) in [6.45, 7) is 1.06. The van der Waals surface area contributed by atoms with Crippen LogP contribution in [0.15, 0.2) is 24.3 Å². The van der Waals surface area contributed by atoms with Crippen molar-refractivity contribution in [3.05, 3.63) is 34.9 Å². The molecule has 0 bridgehead atoms. The number of halogens is 4. The maximum atomic E-state index is 12.6. The van der Waals surface area contributed by atoms with E-state index in [1.165, 1.54) is 24.3 Å². The first-order chi connectivity index (χ1) is 7.79. The third-order valence-corrected chi connectivity index (χ3v) is 2.38. The highest BCUT2D eigenvalue weighted by atomic mass is 35.5. The molecule has 1 aromatic carbocycles. The Balaban J connectivity index is 2.79. The minimum absolute atomic E-state index is 0.305. The van der Waals surface area contributed by atoms with Crippen molar-refractivity contribution in [1.29, 1.82) is 0 Å². The van der Waals surface area contributed by atoms with Crippen LogP contribution in [-0.2, 0) is 11.2 Å². The highest BCUT2D eigenvalue weighted by Gasteiger charge is 2.40. The molecule has 1 unspecified atom stereocenters. The molecule has 1 aromatic rings. The fourth-order valence-corrected chi connectivity index (χ4v) is 1.48. The van der Waals surface area contributed by atoms with Crippen molar-refractivity contribution in [3.8, 4) is 0 Å². The second-order valence-electron chi connectivity index (χ2n) is 3.63. The zero-order valence-corrected chi connectivity index (χ0v) is 9.77. The van der Waals surface area contributed by atoms with Gasteiger partial charge in [0.05, 0.1) is 0 Å². The number of hydrogen-bond donors (Lipinski definition) is 1. The van der Waals surface area contributed by atoms with E-state index in [9.17, 15) is 18.0 Å². The highest BCUT2D eigenvalue weighted by Crippen LogP contribution is 2.23. The van der Waals surface area contributed by atoms with E-state index in [0.29, 0.717) is 10.6 Å². The van der Waals surface area contributed by atoms with E-state index in [1.54, 1.807) is 0 Å². The van der Waals surface area contributed by atoms with Crippen LogP contribution in [0.3, 0.4) is 0 Å². The molecule has 1 amide bonds. The van der Waals surface area contributed by atoms with E-state index >= 15 is 0 Å². The largest absolute Gasteiger partial charge is 0.408 e. The molecule has 17 heavy (non-hydrogen) atoms. The summed E-state index contributed by atoms with van der Waals surface area (Å²) < 4.78 is 37.8. The predicted molar refractivity (Wildman–Crippen MR) is 58.8 cm³/mol. The molecule has 0 aliphatic heterocycles. The fraction of sp³-hybridized carbons (Fsp3) is 0.364. The Morgan fingerprint density at radius 3 is 2.29 bits per heavy atom. The van der Waals surface area contributed by atoms with Crippen LogP contribution in [0.4, 0.5) is 13.2 Å². The van der Waals surface area contributed by atoms with Gasteiger partial charge in [-0.1, -0.05) is 23.7 Å². The van der Waals surface area contributed by atoms with E-state index in [2.05, 4.69) is 0 Å². The van der Waals surface area contributed by atoms with Gasteiger partial charge >= 0.3 is 6.18 Å². The first-order valence-corrected chi connectivity index (χ1v) is 5.25. The molecule has 0 saturated heterocycles. The van der Waals surface area contributed by atoms with Crippen molar-refractivity contribution in [3.63, 3.8) is 0 Å². The number of carbonyl (C=O) groups is 1. The molecular formula is C11H11ClF3NO. The number of hydrogen-bond acceptors (Lipinski definition) is 1. The van der Waals surface area contributed by atoms with Crippen LogP contribution in [0.25, 0.3) is 0 Å². The van der Waals surface area contributed by atoms with E-state index < -0.39 is 18.1 Å². The van der Waals surface area contributed by atoms with Crippen LogP contribution >= 0.6 is 11.6 Å². The van der Waals surface area contributed by atoms with Gasteiger partial charge in [0.2, 0.25) is 5.91 Å². The summed E-state index contributed by atoms with van der Waals surface area (Å²) in [6.07, 6.45) is -4.77. The number of rotatable bonds is 3. The number of nitrogens with one attached hydrogen (secondary N) is 1. The lowest BCUT2D eigenvalue weighted by Gasteiger charge is -2.21. The van der Waals surface area contributed by atoms with Gasteiger partial charge in [-0.3, -0.25) is 4.79 Å². The molecule has 94 valence electrons. The zero-order valence-electron chi connectivity index (χ0n) is 9.01. The average molecular weight is 266 g/mol. The SMILES string of the molecule is CC(=O)NC(Cc1ccc(Cl)cc1)C(F)(F)F. The van der Waals surface area contributed by atoms with Crippen molar-refractivity contribution < 1.29 is 18.0 Å². The quantitative estimate of drug-likeness (QED) is 0.894. The molecular weight excluding hydrogens is 255 g/mol. The smallest absolute Gasteiger partial charge is 0.344 e. The Kier molecular flexibility index (Phi) is 4.40. The van der Waals surface area contributed by atoms with Gasteiger partial charge in [0.25, 0.3) is 0 Å². The van der Waals surface area contributed by atoms with Crippen LogP contribution in [0.1, 0.15) is 12.5 Å². The van der Waals surface area contributed by atoms with Crippen LogP contribution in [0.5, 0.6) is 0 Å². The minimum Gasteiger partial charge on any atom is -0.344 e. The topological polar surface area (TPSA) is 29.1 Å². The third-order valence-electron chi connectivity index (χ3n) is 2.13. The van der Waals surface area contributed by atoms with Crippen molar-refractivity contribution in [1.82, 2.24) is 5.32 Å². The molecule has 0 radical (unpaired) electrons. The Labute approximate surface area is 102 Å². The number of alkyl halides is 3. The van der Waals surface area contributed by atoms with Gasteiger partial charge in [0.1, 0.15) is 6.04 Å². The molecule has 6 heteroatoms. The molecule has 2 nitrogen and oxygen atoms in total. The van der Waals surface area contributed by atoms with Crippen LogP contribution in [0.2, 0.25) is 5.02 Å². The molecule has 0 saturated carbocycles. The monoisotopic (exact) mass is 265 g/mol. The second kappa shape index (κ2) is 5.40. The molecule has 0 fully saturated rings. The molecule has 0 heterocycles. The van der Waals surface area contributed by atoms with E-state index in [1.807, 2.05) is 5.32 Å². The summed E-state index contributed by atoms with van der Waals surface area (Å²) in [5.41, 5.74) is 0.463. The fourth-order valence-electron chi connectivity index (χ4n) is 1.35. The lowest BCUT2D eigenvalue weighted by molar-refractivity contribution is -0.160. The van der Waals surface area contributed by atoms with Crippen molar-refractivity contribution in [2.24, 2.45) is 0 Å². The molecule has 0 spiro atoms. The first kappa shape index (κ1) is 13.8. The molecule has 0 aliphatic rings. The van der Waals surface area contributed by atoms with Gasteiger partial charge in [0, 0.05) is 18.4 Å². The maximum absolute atomic E-state index is 12.6. The first-order valence-electron chi connectivity index (χ1n) is 4.87. The van der Waals surface area contributed by atoms with Crippen LogP contribution < -0.4 is 5.32 Å². The summed E-state index contributed by atoms with van der Waals surface area (Å²) >= 11 is 5.63. The number of carbonyl (C=O) groups excluding carboxylic acids is 1. The Hall–Kier alpha value is -1.23. The lowest BCUT2D eigenvalue weighted by Crippen LogP contribution is -2.46. The number of amides is 1. The second-order valence-corrected chi connectivity index (χ2v) is 4.06. The standard InChI is InChI=1S/C11H11ClF3NO/c1-7(17)16-10(11(13,14)15)6-8-2-4-9(12)5-3-8/h2-5,10H,6H2,1H3,(H,16,17). The van der Waals surface area contributed by atoms with Gasteiger partial charge in [-0.2, -0.15) is 13.2 Å². The zero-order chi connectivity index (χ0) is 13.1. The average Bonchev–Trinajstić information content (AvgIpc) is 2.18. The van der Waals surface area contributed by atoms with E-state index in [4.69, 9.17) is 11.6 Å². The summed E-state index contributed by atoms with van der Waals surface area (Å²) in [5, 5.41) is 2.34. The van der Waals surface area contributed by atoms with Gasteiger partial charge < -0.3 is 5.32 Å². The summed E-state index contributed by atoms with van der Waals surface area (Å²) in [6, 6.07) is 4.16. The van der Waals surface area contributed by atoms with E-state index in [0.717, 1.165) is 6.92 Å². The van der Waals surface area contributed by atoms with Gasteiger partial charge in [-0.05, 0) is 17.7 Å². The van der Waals surface area contributed by atoms with Crippen molar-refractivity contribution in [2.75, 3.05) is 0 Å². The third kappa shape index (κ3) is 4.65. The van der Waals surface area contributed by atoms with Gasteiger partial charge in [-0.25, -0.2) is 0 Å². The molecule has 1 rings (SSSR count). The number of benzene rings is 1. The predicted octanol–water partition coefficient (Wildman–Crippen LogP) is 2.95. The van der Waals surface area contributed by atoms with Gasteiger partial charge in [0.15, 0.2) is 0 Å².